The summed E-state index contributed by atoms with van der Waals surface area (Å²) < 4.78 is 5.31. The number of hydrogen-bond acceptors (Lipinski definition) is 1. The van der Waals surface area contributed by atoms with E-state index in [2.05, 4.69) is 0 Å². The highest BCUT2D eigenvalue weighted by molar-refractivity contribution is 6.36. The third-order valence-corrected chi connectivity index (χ3v) is 3.47. The molecule has 0 aromatic carbocycles. The predicted molar refractivity (Wildman–Crippen MR) is 42.4 cm³/mol. The Morgan fingerprint density at radius 1 is 1.88 bits per heavy atom. The van der Waals surface area contributed by atoms with Gasteiger partial charge in [-0.05, 0) is 6.42 Å². The third-order valence-electron chi connectivity index (χ3n) is 1.70. The molecule has 1 aliphatic heterocycles. The summed E-state index contributed by atoms with van der Waals surface area (Å²) in [7, 11) is 3.24. The van der Waals surface area contributed by atoms with Gasteiger partial charge < -0.3 is 4.74 Å². The van der Waals surface area contributed by atoms with Crippen LogP contribution in [0.3, 0.4) is 0 Å². The van der Waals surface area contributed by atoms with E-state index in [1.807, 2.05) is 9.85 Å². The molecule has 0 spiro atoms. The van der Waals surface area contributed by atoms with Crippen molar-refractivity contribution in [3.8, 4) is 0 Å². The van der Waals surface area contributed by atoms with Gasteiger partial charge in [-0.15, -0.1) is 0 Å². The highest BCUT2D eigenvalue weighted by Gasteiger charge is 2.16. The van der Waals surface area contributed by atoms with Crippen molar-refractivity contribution in [3.63, 3.8) is 0 Å². The van der Waals surface area contributed by atoms with Gasteiger partial charge in [0.2, 0.25) is 0 Å². The second kappa shape index (κ2) is 2.59. The second-order valence-electron chi connectivity index (χ2n) is 2.21. The summed E-state index contributed by atoms with van der Waals surface area (Å²) in [5.74, 6) is 0.833. The van der Waals surface area contributed by atoms with Gasteiger partial charge in [-0.25, -0.2) is 0 Å². The Morgan fingerprint density at radius 2 is 2.62 bits per heavy atom. The maximum Gasteiger partial charge on any atom is 0.0877 e. The zero-order chi connectivity index (χ0) is 5.98. The van der Waals surface area contributed by atoms with E-state index in [1.54, 1.807) is 0 Å². The summed E-state index contributed by atoms with van der Waals surface area (Å²) in [6.45, 7) is 0.978. The van der Waals surface area contributed by atoms with Gasteiger partial charge in [0, 0.05) is 26.0 Å². The summed E-state index contributed by atoms with van der Waals surface area (Å²) >= 11 is 0. The monoisotopic (exact) mass is 144 g/mol. The van der Waals surface area contributed by atoms with Crippen LogP contribution in [-0.4, -0.2) is 32.1 Å². The lowest BCUT2D eigenvalue weighted by Crippen LogP contribution is -2.06. The molecule has 1 fully saturated rings. The van der Waals surface area contributed by atoms with Crippen molar-refractivity contribution in [1.82, 2.24) is 0 Å². The van der Waals surface area contributed by atoms with E-state index in [9.17, 15) is 0 Å². The average Bonchev–Trinajstić information content (AvgIpc) is 2.14. The fourth-order valence-corrected chi connectivity index (χ4v) is 3.12. The van der Waals surface area contributed by atoms with Gasteiger partial charge in [0.05, 0.1) is 12.0 Å². The van der Waals surface area contributed by atoms with Crippen LogP contribution in [-0.2, 0) is 4.74 Å². The molecule has 3 heteroatoms. The van der Waals surface area contributed by atoms with Crippen LogP contribution >= 0.6 is 0 Å². The predicted octanol–water partition coefficient (Wildman–Crippen LogP) is -1.43. The maximum absolute atomic E-state index is 5.31. The van der Waals surface area contributed by atoms with Gasteiger partial charge in [-0.1, -0.05) is 6.04 Å². The Morgan fingerprint density at radius 3 is 2.88 bits per heavy atom. The molecule has 1 aliphatic rings. The number of ether oxygens (including phenoxy) is 1. The highest BCUT2D eigenvalue weighted by Crippen LogP contribution is 2.15. The molecule has 0 aliphatic carbocycles. The molecule has 0 amide bonds. The minimum Gasteiger partial charge on any atom is -0.504 e. The van der Waals surface area contributed by atoms with Crippen molar-refractivity contribution in [2.24, 2.45) is 5.92 Å². The molecule has 1 atom stereocenters. The largest absolute Gasteiger partial charge is 0.504 e. The van der Waals surface area contributed by atoms with Gasteiger partial charge >= 0.3 is 0 Å². The van der Waals surface area contributed by atoms with Crippen molar-refractivity contribution < 1.29 is 4.74 Å². The van der Waals surface area contributed by atoms with Crippen LogP contribution in [0.1, 0.15) is 6.42 Å². The summed E-state index contributed by atoms with van der Waals surface area (Å²) in [6, 6.07) is 1.39. The first-order chi connectivity index (χ1) is 3.84. The van der Waals surface area contributed by atoms with Gasteiger partial charge in [0.25, 0.3) is 0 Å². The molecular weight excluding hydrogens is 132 g/mol. The molecule has 0 saturated carbocycles. The molecule has 0 bridgehead atoms. The van der Waals surface area contributed by atoms with Crippen LogP contribution in [0.25, 0.3) is 0 Å². The fraction of sp³-hybridized carbons (Fsp3) is 0.800. The van der Waals surface area contributed by atoms with Crippen LogP contribution in [0.5, 0.6) is 0 Å². The van der Waals surface area contributed by atoms with E-state index < -0.39 is 0 Å². The molecule has 1 saturated heterocycles. The molecule has 8 heavy (non-hydrogen) atoms. The molecule has 46 valence electrons. The van der Waals surface area contributed by atoms with Crippen molar-refractivity contribution in [3.05, 3.63) is 0 Å². The zero-order valence-corrected chi connectivity index (χ0v) is 8.73. The molecule has 1 rings (SSSR count). The van der Waals surface area contributed by atoms with E-state index in [4.69, 9.17) is 4.74 Å². The van der Waals surface area contributed by atoms with Crippen molar-refractivity contribution >= 4 is 25.5 Å². The fourth-order valence-electron chi connectivity index (χ4n) is 1.04. The molecule has 1 heterocycles. The molecule has 0 N–H and O–H groups in total. The van der Waals surface area contributed by atoms with Crippen LogP contribution in [0.15, 0.2) is 0 Å². The van der Waals surface area contributed by atoms with E-state index in [0.717, 1.165) is 12.5 Å². The lowest BCUT2D eigenvalue weighted by atomic mass is 10.2. The van der Waals surface area contributed by atoms with Crippen LogP contribution < -0.4 is 0 Å². The Bertz CT molecular complexity index is 103. The first-order valence-corrected chi connectivity index (χ1v) is 5.28. The normalized spacial score (nSPS) is 28.5. The Kier molecular flexibility index (Phi) is 2.02. The average molecular weight is 144 g/mol. The first kappa shape index (κ1) is 6.23. The zero-order valence-electron chi connectivity index (χ0n) is 5.31. The third kappa shape index (κ3) is 1.09. The minimum absolute atomic E-state index is 0.833. The molecule has 1 nitrogen and oxygen atoms in total. The Labute approximate surface area is 55.9 Å². The Balaban J connectivity index is 2.42. The van der Waals surface area contributed by atoms with Gasteiger partial charge in [-0.2, -0.15) is 0 Å². The van der Waals surface area contributed by atoms with Crippen molar-refractivity contribution in [2.45, 2.75) is 12.5 Å². The van der Waals surface area contributed by atoms with Gasteiger partial charge in [0.1, 0.15) is 0 Å². The SMILES string of the molecule is [SiH2]=C1OCCC1C[SiH3]. The Hall–Kier alpha value is 0.104. The van der Waals surface area contributed by atoms with E-state index in [1.165, 1.54) is 28.1 Å². The smallest absolute Gasteiger partial charge is 0.0877 e. The molecule has 0 aromatic rings. The van der Waals surface area contributed by atoms with E-state index in [-0.39, 0.29) is 0 Å². The maximum atomic E-state index is 5.31. The lowest BCUT2D eigenvalue weighted by Gasteiger charge is -2.02. The number of rotatable bonds is 1. The summed E-state index contributed by atoms with van der Waals surface area (Å²) in [5, 5.41) is 1.31. The van der Waals surface area contributed by atoms with Crippen molar-refractivity contribution in [1.29, 1.82) is 0 Å². The first-order valence-electron chi connectivity index (χ1n) is 3.16. The van der Waals surface area contributed by atoms with Crippen LogP contribution in [0, 0.1) is 5.92 Å². The highest BCUT2D eigenvalue weighted by atomic mass is 28.1. The quantitative estimate of drug-likeness (QED) is 0.410. The summed E-state index contributed by atoms with van der Waals surface area (Å²) in [5.41, 5.74) is 0. The van der Waals surface area contributed by atoms with Crippen molar-refractivity contribution in [2.75, 3.05) is 6.61 Å². The van der Waals surface area contributed by atoms with Gasteiger partial charge in [-0.3, -0.25) is 0 Å². The molecule has 1 unspecified atom stereocenters. The summed E-state index contributed by atoms with van der Waals surface area (Å²) in [4.78, 5) is 0. The standard InChI is InChI=1S/C5H12OSi2/c7-3-4-1-2-6-5(4)8/h4H,1-3,8H2,7H3. The van der Waals surface area contributed by atoms with E-state index in [0.29, 0.717) is 0 Å². The summed E-state index contributed by atoms with van der Waals surface area (Å²) in [6.07, 6.45) is 1.28. The minimum atomic E-state index is 0.833. The molecular formula is C5H12OSi2. The van der Waals surface area contributed by atoms with Gasteiger partial charge in [0.15, 0.2) is 0 Å². The lowest BCUT2D eigenvalue weighted by molar-refractivity contribution is 0.350. The number of hydrogen-bond donors (Lipinski definition) is 0. The molecule has 0 radical (unpaired) electrons. The molecule has 0 aromatic heterocycles. The topological polar surface area (TPSA) is 9.23 Å². The van der Waals surface area contributed by atoms with Crippen LogP contribution in [0.4, 0.5) is 0 Å². The second-order valence-corrected chi connectivity index (χ2v) is 3.72. The van der Waals surface area contributed by atoms with E-state index >= 15 is 0 Å². The van der Waals surface area contributed by atoms with Crippen LogP contribution in [0.2, 0.25) is 6.04 Å².